The Morgan fingerprint density at radius 2 is 2.11 bits per heavy atom. The van der Waals surface area contributed by atoms with Crippen molar-refractivity contribution in [2.75, 3.05) is 18.5 Å². The molecule has 2 aromatic heterocycles. The van der Waals surface area contributed by atoms with E-state index >= 15 is 0 Å². The van der Waals surface area contributed by atoms with E-state index < -0.39 is 42.7 Å². The number of anilines is 1. The Labute approximate surface area is 216 Å². The van der Waals surface area contributed by atoms with E-state index in [4.69, 9.17) is 27.5 Å². The molecule has 0 radical (unpaired) electrons. The standard InChI is InChI=1S/C24H26ClN5O7/c1-3-24(35)16(11-36-15(22(33)34)9-14-7-5-4-6-8-14)37-21(18(24)32)30-12-26-17-19(27-13(2)10-31)28-23(25)29-20(17)30/h1,4-8,12-13,15-16,18,21,31-32,35H,9-11H2,2H3,(H,33,34)(H,27,28,29)/t13?,15?,16-,18+,21-,24-/m1/s1. The van der Waals surface area contributed by atoms with Gasteiger partial charge in [0.25, 0.3) is 0 Å². The minimum atomic E-state index is -2.21. The fraction of sp³-hybridized carbons (Fsp3) is 0.417. The Bertz CT molecular complexity index is 1300. The number of aliphatic carboxylic acids is 1. The van der Waals surface area contributed by atoms with Crippen LogP contribution in [0.15, 0.2) is 36.7 Å². The first-order chi connectivity index (χ1) is 17.7. The number of carbonyl (C=O) groups is 1. The maximum Gasteiger partial charge on any atom is 0.333 e. The fourth-order valence-electron chi connectivity index (χ4n) is 4.02. The predicted octanol–water partition coefficient (Wildman–Crippen LogP) is 0.607. The van der Waals surface area contributed by atoms with E-state index in [2.05, 4.69) is 26.2 Å². The van der Waals surface area contributed by atoms with Gasteiger partial charge in [-0.1, -0.05) is 36.3 Å². The molecule has 0 bridgehead atoms. The van der Waals surface area contributed by atoms with Crippen molar-refractivity contribution < 1.29 is 34.7 Å². The largest absolute Gasteiger partial charge is 0.479 e. The molecule has 5 N–H and O–H groups in total. The van der Waals surface area contributed by atoms with E-state index in [9.17, 15) is 25.2 Å². The van der Waals surface area contributed by atoms with E-state index in [-0.39, 0.29) is 41.3 Å². The summed E-state index contributed by atoms with van der Waals surface area (Å²) in [5.74, 6) is 1.21. The van der Waals surface area contributed by atoms with Gasteiger partial charge in [-0.2, -0.15) is 9.97 Å². The number of halogens is 1. The van der Waals surface area contributed by atoms with E-state index in [0.29, 0.717) is 0 Å². The van der Waals surface area contributed by atoms with Gasteiger partial charge in [0.15, 0.2) is 34.9 Å². The number of terminal acetylenes is 1. The van der Waals surface area contributed by atoms with Gasteiger partial charge in [-0.3, -0.25) is 4.57 Å². The van der Waals surface area contributed by atoms with Crippen molar-refractivity contribution in [1.29, 1.82) is 0 Å². The highest BCUT2D eigenvalue weighted by molar-refractivity contribution is 6.28. The van der Waals surface area contributed by atoms with Gasteiger partial charge in [-0.25, -0.2) is 9.78 Å². The van der Waals surface area contributed by atoms with Gasteiger partial charge in [0.1, 0.15) is 12.2 Å². The summed E-state index contributed by atoms with van der Waals surface area (Å²) in [4.78, 5) is 24.3. The van der Waals surface area contributed by atoms with Gasteiger partial charge in [0.2, 0.25) is 5.28 Å². The van der Waals surface area contributed by atoms with E-state index in [1.165, 1.54) is 10.9 Å². The number of aliphatic hydroxyl groups is 3. The Balaban J connectivity index is 1.58. The summed E-state index contributed by atoms with van der Waals surface area (Å²) in [6, 6.07) is 8.55. The molecular weight excluding hydrogens is 506 g/mol. The van der Waals surface area contributed by atoms with Crippen LogP contribution in [-0.2, 0) is 20.7 Å². The molecule has 1 aromatic carbocycles. The van der Waals surface area contributed by atoms with Crippen molar-refractivity contribution in [1.82, 2.24) is 19.5 Å². The lowest BCUT2D eigenvalue weighted by molar-refractivity contribution is -0.156. The second kappa shape index (κ2) is 11.0. The zero-order chi connectivity index (χ0) is 26.7. The van der Waals surface area contributed by atoms with Crippen LogP contribution in [0.4, 0.5) is 5.82 Å². The number of ether oxygens (including phenoxy) is 2. The number of carboxylic acids is 1. The van der Waals surface area contributed by atoms with Crippen LogP contribution in [0.2, 0.25) is 5.28 Å². The summed E-state index contributed by atoms with van der Waals surface area (Å²) in [6.45, 7) is 1.14. The predicted molar refractivity (Wildman–Crippen MR) is 132 cm³/mol. The van der Waals surface area contributed by atoms with Crippen LogP contribution in [0.1, 0.15) is 18.7 Å². The maximum absolute atomic E-state index is 11.8. The zero-order valence-electron chi connectivity index (χ0n) is 19.7. The maximum atomic E-state index is 11.8. The topological polar surface area (TPSA) is 172 Å². The molecule has 1 aliphatic rings. The first kappa shape index (κ1) is 26.7. The number of imidazole rings is 1. The molecule has 0 saturated carbocycles. The van der Waals surface area contributed by atoms with Crippen LogP contribution in [0.3, 0.4) is 0 Å². The summed E-state index contributed by atoms with van der Waals surface area (Å²) in [5.41, 5.74) is -1.02. The van der Waals surface area contributed by atoms with Crippen LogP contribution in [-0.4, -0.2) is 89.1 Å². The summed E-state index contributed by atoms with van der Waals surface area (Å²) in [5, 5.41) is 43.9. The molecule has 4 rings (SSSR count). The molecule has 3 heterocycles. The molecule has 0 spiro atoms. The minimum absolute atomic E-state index is 0.0764. The van der Waals surface area contributed by atoms with Crippen molar-refractivity contribution in [2.45, 2.75) is 49.5 Å². The van der Waals surface area contributed by atoms with E-state index in [0.717, 1.165) is 5.56 Å². The Hall–Kier alpha value is -3.31. The molecule has 6 atom stereocenters. The van der Waals surface area contributed by atoms with Crippen molar-refractivity contribution >= 4 is 34.6 Å². The SMILES string of the molecule is C#C[C@@]1(O)[C@@H](COC(Cc2ccccc2)C(=O)O)O[C@@H](n2cnc3c(NC(C)CO)nc(Cl)nc32)[C@@H]1O. The fourth-order valence-corrected chi connectivity index (χ4v) is 4.19. The number of nitrogens with zero attached hydrogens (tertiary/aromatic N) is 4. The summed E-state index contributed by atoms with van der Waals surface area (Å²) in [6.07, 6.45) is 1.52. The first-order valence-corrected chi connectivity index (χ1v) is 11.7. The van der Waals surface area contributed by atoms with Crippen molar-refractivity contribution in [3.8, 4) is 12.3 Å². The molecular formula is C24H26ClN5O7. The van der Waals surface area contributed by atoms with Gasteiger partial charge in [0.05, 0.1) is 19.5 Å². The highest BCUT2D eigenvalue weighted by atomic mass is 35.5. The molecule has 37 heavy (non-hydrogen) atoms. The van der Waals surface area contributed by atoms with E-state index in [1.54, 1.807) is 31.2 Å². The third-order valence-electron chi connectivity index (χ3n) is 6.06. The number of benzene rings is 1. The van der Waals surface area contributed by atoms with Crippen molar-refractivity contribution in [3.63, 3.8) is 0 Å². The monoisotopic (exact) mass is 531 g/mol. The van der Waals surface area contributed by atoms with Crippen LogP contribution in [0.5, 0.6) is 0 Å². The highest BCUT2D eigenvalue weighted by Gasteiger charge is 2.56. The molecule has 3 aromatic rings. The minimum Gasteiger partial charge on any atom is -0.479 e. The molecule has 13 heteroatoms. The zero-order valence-corrected chi connectivity index (χ0v) is 20.5. The average Bonchev–Trinajstić information content (AvgIpc) is 3.41. The second-order valence-electron chi connectivity index (χ2n) is 8.67. The number of rotatable bonds is 10. The second-order valence-corrected chi connectivity index (χ2v) is 9.01. The number of aromatic nitrogens is 4. The van der Waals surface area contributed by atoms with Gasteiger partial charge in [0, 0.05) is 12.5 Å². The van der Waals surface area contributed by atoms with Gasteiger partial charge < -0.3 is 35.2 Å². The number of hydrogen-bond acceptors (Lipinski definition) is 10. The molecule has 12 nitrogen and oxygen atoms in total. The van der Waals surface area contributed by atoms with Crippen molar-refractivity contribution in [3.05, 3.63) is 47.5 Å². The Morgan fingerprint density at radius 3 is 2.76 bits per heavy atom. The average molecular weight is 532 g/mol. The van der Waals surface area contributed by atoms with Crippen LogP contribution in [0.25, 0.3) is 11.2 Å². The number of nitrogens with one attached hydrogen (secondary N) is 1. The van der Waals surface area contributed by atoms with Crippen LogP contribution >= 0.6 is 11.6 Å². The lowest BCUT2D eigenvalue weighted by Gasteiger charge is -2.26. The third kappa shape index (κ3) is 5.37. The lowest BCUT2D eigenvalue weighted by Crippen LogP contribution is -2.48. The number of aliphatic hydroxyl groups excluding tert-OH is 2. The number of hydrogen-bond donors (Lipinski definition) is 5. The molecule has 196 valence electrons. The summed E-state index contributed by atoms with van der Waals surface area (Å²) < 4.78 is 12.8. The smallest absolute Gasteiger partial charge is 0.333 e. The molecule has 0 amide bonds. The Morgan fingerprint density at radius 1 is 1.38 bits per heavy atom. The van der Waals surface area contributed by atoms with Gasteiger partial charge in [-0.15, -0.1) is 6.42 Å². The quantitative estimate of drug-likeness (QED) is 0.183. The summed E-state index contributed by atoms with van der Waals surface area (Å²) in [7, 11) is 0. The normalized spacial score (nSPS) is 25.0. The van der Waals surface area contributed by atoms with Crippen LogP contribution in [0, 0.1) is 12.3 Å². The number of fused-ring (bicyclic) bond motifs is 1. The molecule has 2 unspecified atom stereocenters. The highest BCUT2D eigenvalue weighted by Crippen LogP contribution is 2.39. The van der Waals surface area contributed by atoms with Crippen molar-refractivity contribution in [2.24, 2.45) is 0 Å². The van der Waals surface area contributed by atoms with Gasteiger partial charge in [-0.05, 0) is 24.1 Å². The molecule has 1 aliphatic heterocycles. The first-order valence-electron chi connectivity index (χ1n) is 11.4. The summed E-state index contributed by atoms with van der Waals surface area (Å²) >= 11 is 6.09. The van der Waals surface area contributed by atoms with E-state index in [1.807, 2.05) is 6.07 Å². The van der Waals surface area contributed by atoms with Crippen LogP contribution < -0.4 is 5.32 Å². The molecule has 0 aliphatic carbocycles. The third-order valence-corrected chi connectivity index (χ3v) is 6.23. The lowest BCUT2D eigenvalue weighted by atomic mass is 9.93. The molecule has 1 saturated heterocycles. The Kier molecular flexibility index (Phi) is 7.93. The molecule has 1 fully saturated rings. The number of carboxylic acid groups (broad SMARTS) is 1. The van der Waals surface area contributed by atoms with Gasteiger partial charge >= 0.3 is 5.97 Å².